The maximum Gasteiger partial charge on any atom is 0.419 e. The molecule has 9 heteroatoms. The summed E-state index contributed by atoms with van der Waals surface area (Å²) in [7, 11) is 0. The molecule has 0 spiro atoms. The van der Waals surface area contributed by atoms with Gasteiger partial charge in [-0.15, -0.1) is 0 Å². The van der Waals surface area contributed by atoms with E-state index in [-0.39, 0.29) is 6.04 Å². The highest BCUT2D eigenvalue weighted by Crippen LogP contribution is 2.64. The van der Waals surface area contributed by atoms with Gasteiger partial charge >= 0.3 is 6.18 Å². The molecular weight excluding hydrogens is 419 g/mol. The average molecular weight is 450 g/mol. The zero-order valence-electron chi connectivity index (χ0n) is 18.6. The summed E-state index contributed by atoms with van der Waals surface area (Å²) < 4.78 is 47.5. The van der Waals surface area contributed by atoms with Crippen LogP contribution in [-0.2, 0) is 10.9 Å². The minimum atomic E-state index is -4.55. The number of nitrogen functional groups attached to an aromatic ring is 1. The Bertz CT molecular complexity index is 992. The number of alkyl halides is 3. The molecule has 6 nitrogen and oxygen atoms in total. The standard InChI is InChI=1S/C23H30F3N5O/c1-12(2)31-20(9-19(29-31)14-6-18(23(24,25)26)22(27)28-10-14)21-16-7-15(8-17(16)21)30-4-5-32-11-13(30)3/h6,9-10,12-13,15-17,21H,4-5,7-8,11H2,1-3H3,(H2,27,28)/t13-,15?,16-,17+,21?/m0/s1. The number of nitrogens with zero attached hydrogens (tertiary/aromatic N) is 4. The van der Waals surface area contributed by atoms with Crippen molar-refractivity contribution in [2.45, 2.75) is 63.8 Å². The molecule has 5 rings (SSSR count). The van der Waals surface area contributed by atoms with Gasteiger partial charge in [-0.1, -0.05) is 0 Å². The predicted octanol–water partition coefficient (Wildman–Crippen LogP) is 4.34. The minimum Gasteiger partial charge on any atom is -0.383 e. The lowest BCUT2D eigenvalue weighted by Gasteiger charge is -2.38. The van der Waals surface area contributed by atoms with Gasteiger partial charge in [0, 0.05) is 48.0 Å². The second kappa shape index (κ2) is 7.73. The largest absolute Gasteiger partial charge is 0.419 e. The summed E-state index contributed by atoms with van der Waals surface area (Å²) in [5, 5.41) is 4.68. The maximum absolute atomic E-state index is 13.3. The Labute approximate surface area is 185 Å². The van der Waals surface area contributed by atoms with Gasteiger partial charge in [0.05, 0.1) is 24.5 Å². The topological polar surface area (TPSA) is 69.2 Å². The van der Waals surface area contributed by atoms with E-state index in [4.69, 9.17) is 10.5 Å². The van der Waals surface area contributed by atoms with Gasteiger partial charge in [-0.25, -0.2) is 4.98 Å². The molecule has 0 radical (unpaired) electrons. The molecule has 0 aromatic carbocycles. The molecule has 32 heavy (non-hydrogen) atoms. The monoisotopic (exact) mass is 449 g/mol. The molecule has 1 aliphatic heterocycles. The second-order valence-electron chi connectivity index (χ2n) is 9.79. The molecule has 174 valence electrons. The number of anilines is 1. The van der Waals surface area contributed by atoms with Gasteiger partial charge in [0.15, 0.2) is 0 Å². The van der Waals surface area contributed by atoms with Crippen molar-refractivity contribution in [1.82, 2.24) is 19.7 Å². The summed E-state index contributed by atoms with van der Waals surface area (Å²) in [5.74, 6) is 1.15. The summed E-state index contributed by atoms with van der Waals surface area (Å²) >= 11 is 0. The van der Waals surface area contributed by atoms with Crippen molar-refractivity contribution < 1.29 is 17.9 Å². The van der Waals surface area contributed by atoms with Gasteiger partial charge in [-0.3, -0.25) is 9.58 Å². The highest BCUT2D eigenvalue weighted by Gasteiger charge is 2.59. The Morgan fingerprint density at radius 2 is 1.91 bits per heavy atom. The van der Waals surface area contributed by atoms with Crippen LogP contribution in [0.25, 0.3) is 11.3 Å². The molecule has 2 N–H and O–H groups in total. The first-order valence-corrected chi connectivity index (χ1v) is 11.4. The number of halogens is 3. The van der Waals surface area contributed by atoms with Gasteiger partial charge in [-0.05, 0) is 57.6 Å². The molecule has 3 heterocycles. The molecule has 0 amide bonds. The Morgan fingerprint density at radius 1 is 1.19 bits per heavy atom. The first-order chi connectivity index (χ1) is 15.1. The van der Waals surface area contributed by atoms with Crippen molar-refractivity contribution in [3.8, 4) is 11.3 Å². The fourth-order valence-corrected chi connectivity index (χ4v) is 5.86. The van der Waals surface area contributed by atoms with Crippen molar-refractivity contribution in [2.24, 2.45) is 11.8 Å². The number of morpholine rings is 1. The van der Waals surface area contributed by atoms with Crippen LogP contribution in [0.5, 0.6) is 0 Å². The van der Waals surface area contributed by atoms with Gasteiger partial charge in [-0.2, -0.15) is 18.3 Å². The van der Waals surface area contributed by atoms with Crippen molar-refractivity contribution in [3.63, 3.8) is 0 Å². The number of nitrogens with two attached hydrogens (primary N) is 1. The van der Waals surface area contributed by atoms with Crippen LogP contribution >= 0.6 is 0 Å². The maximum atomic E-state index is 13.3. The SMILES string of the molecule is CC(C)n1nc(-c2cnc(N)c(C(F)(F)F)c2)cc1C1[C@H]2CC(N3CCOC[C@@H]3C)C[C@@H]12. The first-order valence-electron chi connectivity index (χ1n) is 11.4. The van der Waals surface area contributed by atoms with Crippen molar-refractivity contribution in [2.75, 3.05) is 25.5 Å². The Morgan fingerprint density at radius 3 is 2.53 bits per heavy atom. The fourth-order valence-electron chi connectivity index (χ4n) is 5.86. The van der Waals surface area contributed by atoms with Crippen LogP contribution in [0.3, 0.4) is 0 Å². The van der Waals surface area contributed by atoms with E-state index in [0.29, 0.717) is 41.1 Å². The highest BCUT2D eigenvalue weighted by atomic mass is 19.4. The normalized spacial score (nSPS) is 30.7. The third kappa shape index (κ3) is 3.69. The third-order valence-electron chi connectivity index (χ3n) is 7.42. The molecule has 2 aromatic rings. The van der Waals surface area contributed by atoms with Crippen LogP contribution in [0.1, 0.15) is 56.8 Å². The van der Waals surface area contributed by atoms with Gasteiger partial charge in [0.2, 0.25) is 0 Å². The van der Waals surface area contributed by atoms with Gasteiger partial charge < -0.3 is 10.5 Å². The average Bonchev–Trinajstić information content (AvgIpc) is 3.07. The van der Waals surface area contributed by atoms with E-state index in [1.807, 2.05) is 10.7 Å². The molecule has 3 aliphatic rings. The predicted molar refractivity (Wildman–Crippen MR) is 115 cm³/mol. The zero-order valence-corrected chi connectivity index (χ0v) is 18.6. The second-order valence-corrected chi connectivity index (χ2v) is 9.79. The number of hydrogen-bond donors (Lipinski definition) is 1. The molecule has 5 atom stereocenters. The Hall–Kier alpha value is -2.13. The van der Waals surface area contributed by atoms with Crippen LogP contribution in [0.2, 0.25) is 0 Å². The summed E-state index contributed by atoms with van der Waals surface area (Å²) in [6.45, 7) is 8.94. The van der Waals surface area contributed by atoms with Crippen LogP contribution in [0.15, 0.2) is 18.3 Å². The van der Waals surface area contributed by atoms with E-state index < -0.39 is 17.6 Å². The van der Waals surface area contributed by atoms with Gasteiger partial charge in [0.25, 0.3) is 0 Å². The molecule has 2 aromatic heterocycles. The van der Waals surface area contributed by atoms with E-state index in [2.05, 4.69) is 35.8 Å². The smallest absolute Gasteiger partial charge is 0.383 e. The van der Waals surface area contributed by atoms with Crippen molar-refractivity contribution in [1.29, 1.82) is 0 Å². The third-order valence-corrected chi connectivity index (χ3v) is 7.42. The van der Waals surface area contributed by atoms with Crippen LogP contribution in [0.4, 0.5) is 19.0 Å². The molecule has 2 saturated carbocycles. The Balaban J connectivity index is 1.38. The number of hydrogen-bond acceptors (Lipinski definition) is 5. The van der Waals surface area contributed by atoms with E-state index in [0.717, 1.165) is 31.5 Å². The van der Waals surface area contributed by atoms with Crippen molar-refractivity contribution in [3.05, 3.63) is 29.6 Å². The highest BCUT2D eigenvalue weighted by molar-refractivity contribution is 5.63. The van der Waals surface area contributed by atoms with Crippen LogP contribution in [-0.4, -0.2) is 51.5 Å². The number of pyridine rings is 1. The van der Waals surface area contributed by atoms with E-state index >= 15 is 0 Å². The molecule has 3 fully saturated rings. The first kappa shape index (κ1) is 21.7. The molecule has 1 saturated heterocycles. The number of rotatable bonds is 4. The number of ether oxygens (including phenoxy) is 1. The molecular formula is C23H30F3N5O. The Kier molecular flexibility index (Phi) is 5.24. The quantitative estimate of drug-likeness (QED) is 0.752. The lowest BCUT2D eigenvalue weighted by Crippen LogP contribution is -2.49. The summed E-state index contributed by atoms with van der Waals surface area (Å²) in [6.07, 6.45) is -0.833. The van der Waals surface area contributed by atoms with E-state index in [1.54, 1.807) is 0 Å². The lowest BCUT2D eigenvalue weighted by atomic mass is 10.0. The zero-order chi connectivity index (χ0) is 22.8. The molecule has 2 unspecified atom stereocenters. The lowest BCUT2D eigenvalue weighted by molar-refractivity contribution is -0.137. The minimum absolute atomic E-state index is 0.124. The van der Waals surface area contributed by atoms with Gasteiger partial charge in [0.1, 0.15) is 5.82 Å². The van der Waals surface area contributed by atoms with Crippen LogP contribution in [0, 0.1) is 11.8 Å². The van der Waals surface area contributed by atoms with E-state index in [9.17, 15) is 13.2 Å². The van der Waals surface area contributed by atoms with Crippen LogP contribution < -0.4 is 5.73 Å². The fraction of sp³-hybridized carbons (Fsp3) is 0.652. The van der Waals surface area contributed by atoms with Crippen molar-refractivity contribution >= 4 is 5.82 Å². The number of fused-ring (bicyclic) bond motifs is 1. The summed E-state index contributed by atoms with van der Waals surface area (Å²) in [4.78, 5) is 6.38. The summed E-state index contributed by atoms with van der Waals surface area (Å²) in [6, 6.07) is 4.20. The number of aromatic nitrogens is 3. The molecule has 2 aliphatic carbocycles. The van der Waals surface area contributed by atoms with E-state index in [1.165, 1.54) is 19.0 Å². The molecule has 0 bridgehead atoms. The summed E-state index contributed by atoms with van der Waals surface area (Å²) in [5.41, 5.74) is 6.55.